The maximum atomic E-state index is 12.1. The molecular formula is C14H18N2OS. The maximum absolute atomic E-state index is 12.1. The van der Waals surface area contributed by atoms with Gasteiger partial charge in [-0.25, -0.2) is 0 Å². The summed E-state index contributed by atoms with van der Waals surface area (Å²) in [5, 5.41) is 2.95. The minimum atomic E-state index is -0.370. The van der Waals surface area contributed by atoms with Crippen LogP contribution in [0.3, 0.4) is 0 Å². The van der Waals surface area contributed by atoms with Gasteiger partial charge < -0.3 is 11.1 Å². The van der Waals surface area contributed by atoms with Gasteiger partial charge in [-0.1, -0.05) is 56.4 Å². The number of benzene rings is 1. The highest BCUT2D eigenvalue weighted by atomic mass is 32.1. The molecule has 0 bridgehead atoms. The molecule has 18 heavy (non-hydrogen) atoms. The summed E-state index contributed by atoms with van der Waals surface area (Å²) in [6.45, 7) is 4.19. The van der Waals surface area contributed by atoms with Gasteiger partial charge in [-0.15, -0.1) is 0 Å². The van der Waals surface area contributed by atoms with Crippen LogP contribution in [0.25, 0.3) is 0 Å². The number of thiocarbonyl (C=S) groups is 1. The summed E-state index contributed by atoms with van der Waals surface area (Å²) < 4.78 is 0. The first kappa shape index (κ1) is 13.0. The van der Waals surface area contributed by atoms with E-state index in [9.17, 15) is 4.79 Å². The molecule has 2 atom stereocenters. The molecular weight excluding hydrogens is 244 g/mol. The van der Waals surface area contributed by atoms with Crippen molar-refractivity contribution in [2.45, 2.75) is 26.3 Å². The molecule has 0 heterocycles. The number of carbonyl (C=O) groups is 1. The first-order chi connectivity index (χ1) is 8.42. The lowest BCUT2D eigenvalue weighted by Gasteiger charge is -2.18. The van der Waals surface area contributed by atoms with Gasteiger partial charge in [0.15, 0.2) is 0 Å². The zero-order valence-corrected chi connectivity index (χ0v) is 11.5. The van der Waals surface area contributed by atoms with Crippen LogP contribution in [0.2, 0.25) is 0 Å². The fourth-order valence-corrected chi connectivity index (χ4v) is 2.32. The van der Waals surface area contributed by atoms with Crippen LogP contribution in [0.4, 0.5) is 0 Å². The fraction of sp³-hybridized carbons (Fsp3) is 0.429. The zero-order valence-electron chi connectivity index (χ0n) is 10.6. The van der Waals surface area contributed by atoms with Gasteiger partial charge in [0.2, 0.25) is 5.91 Å². The molecule has 2 unspecified atom stereocenters. The molecule has 3 nitrogen and oxygen atoms in total. The Kier molecular flexibility index (Phi) is 3.39. The number of nitrogens with two attached hydrogens (primary N) is 1. The molecule has 4 heteroatoms. The lowest BCUT2D eigenvalue weighted by atomic mass is 10.1. The summed E-state index contributed by atoms with van der Waals surface area (Å²) in [5.41, 5.74) is 6.76. The van der Waals surface area contributed by atoms with E-state index in [4.69, 9.17) is 18.0 Å². The number of amides is 1. The first-order valence-electron chi connectivity index (χ1n) is 6.06. The van der Waals surface area contributed by atoms with Gasteiger partial charge >= 0.3 is 0 Å². The molecule has 0 spiro atoms. The highest BCUT2D eigenvalue weighted by Gasteiger charge is 2.50. The van der Waals surface area contributed by atoms with Crippen LogP contribution in [-0.2, 0) is 4.79 Å². The molecule has 1 saturated carbocycles. The number of nitrogens with one attached hydrogen (secondary N) is 1. The van der Waals surface area contributed by atoms with Crippen molar-refractivity contribution in [2.75, 3.05) is 0 Å². The zero-order chi connectivity index (χ0) is 13.3. The van der Waals surface area contributed by atoms with Gasteiger partial charge in [-0.05, 0) is 17.4 Å². The molecule has 1 aromatic rings. The van der Waals surface area contributed by atoms with Crippen molar-refractivity contribution in [3.8, 4) is 0 Å². The minimum Gasteiger partial charge on any atom is -0.391 e. The van der Waals surface area contributed by atoms with Gasteiger partial charge in [0.1, 0.15) is 11.0 Å². The molecule has 0 aromatic heterocycles. The van der Waals surface area contributed by atoms with Crippen molar-refractivity contribution >= 4 is 23.1 Å². The average molecular weight is 262 g/mol. The fourth-order valence-electron chi connectivity index (χ4n) is 2.12. The second-order valence-corrected chi connectivity index (χ2v) is 5.97. The van der Waals surface area contributed by atoms with Gasteiger partial charge in [-0.2, -0.15) is 0 Å². The molecule has 1 amide bonds. The predicted molar refractivity (Wildman–Crippen MR) is 76.0 cm³/mol. The molecule has 1 aliphatic rings. The second kappa shape index (κ2) is 4.69. The molecule has 1 fully saturated rings. The van der Waals surface area contributed by atoms with E-state index in [1.54, 1.807) is 0 Å². The first-order valence-corrected chi connectivity index (χ1v) is 6.47. The Morgan fingerprint density at radius 3 is 2.44 bits per heavy atom. The van der Waals surface area contributed by atoms with E-state index in [1.807, 2.05) is 30.3 Å². The van der Waals surface area contributed by atoms with Crippen molar-refractivity contribution in [3.63, 3.8) is 0 Å². The van der Waals surface area contributed by atoms with Crippen molar-refractivity contribution in [1.82, 2.24) is 5.32 Å². The van der Waals surface area contributed by atoms with E-state index in [2.05, 4.69) is 19.2 Å². The van der Waals surface area contributed by atoms with Gasteiger partial charge in [-0.3, -0.25) is 4.79 Å². The van der Waals surface area contributed by atoms with E-state index in [0.29, 0.717) is 4.99 Å². The third kappa shape index (κ3) is 2.70. The molecule has 96 valence electrons. The number of hydrogen-bond acceptors (Lipinski definition) is 2. The Labute approximate surface area is 113 Å². The van der Waals surface area contributed by atoms with E-state index in [-0.39, 0.29) is 23.3 Å². The summed E-state index contributed by atoms with van der Waals surface area (Å²) in [6, 6.07) is 9.21. The highest BCUT2D eigenvalue weighted by molar-refractivity contribution is 7.80. The van der Waals surface area contributed by atoms with Crippen LogP contribution < -0.4 is 11.1 Å². The topological polar surface area (TPSA) is 55.1 Å². The van der Waals surface area contributed by atoms with E-state index >= 15 is 0 Å². The van der Waals surface area contributed by atoms with E-state index in [1.165, 1.54) is 0 Å². The van der Waals surface area contributed by atoms with Crippen LogP contribution in [0, 0.1) is 11.3 Å². The predicted octanol–water partition coefficient (Wildman–Crippen LogP) is 2.18. The third-order valence-electron chi connectivity index (χ3n) is 3.53. The Hall–Kier alpha value is -1.42. The second-order valence-electron chi connectivity index (χ2n) is 5.50. The summed E-state index contributed by atoms with van der Waals surface area (Å²) in [5.74, 6) is 0.125. The largest absolute Gasteiger partial charge is 0.391 e. The molecule has 3 N–H and O–H groups in total. The average Bonchev–Trinajstić information content (AvgIpc) is 2.96. The lowest BCUT2D eigenvalue weighted by Crippen LogP contribution is -2.37. The van der Waals surface area contributed by atoms with E-state index in [0.717, 1.165) is 12.0 Å². The minimum absolute atomic E-state index is 0.0432. The van der Waals surface area contributed by atoms with Gasteiger partial charge in [0, 0.05) is 5.92 Å². The summed E-state index contributed by atoms with van der Waals surface area (Å²) in [4.78, 5) is 12.4. The molecule has 0 saturated heterocycles. The molecule has 0 radical (unpaired) electrons. The number of rotatable bonds is 4. The number of carbonyl (C=O) groups excluding carboxylic acids is 1. The third-order valence-corrected chi connectivity index (χ3v) is 3.77. The monoisotopic (exact) mass is 262 g/mol. The van der Waals surface area contributed by atoms with Crippen molar-refractivity contribution < 1.29 is 4.79 Å². The number of hydrogen-bond donors (Lipinski definition) is 2. The van der Waals surface area contributed by atoms with Crippen LogP contribution >= 0.6 is 12.2 Å². The van der Waals surface area contributed by atoms with Crippen molar-refractivity contribution in [1.29, 1.82) is 0 Å². The maximum Gasteiger partial charge on any atom is 0.224 e. The van der Waals surface area contributed by atoms with Crippen LogP contribution in [0.5, 0.6) is 0 Å². The lowest BCUT2D eigenvalue weighted by molar-refractivity contribution is -0.123. The van der Waals surface area contributed by atoms with E-state index < -0.39 is 0 Å². The Bertz CT molecular complexity index is 470. The quantitative estimate of drug-likeness (QED) is 0.818. The van der Waals surface area contributed by atoms with Crippen LogP contribution in [-0.4, -0.2) is 10.9 Å². The molecule has 0 aliphatic heterocycles. The van der Waals surface area contributed by atoms with Crippen LogP contribution in [0.1, 0.15) is 31.9 Å². The molecule has 2 rings (SSSR count). The Morgan fingerprint density at radius 2 is 2.00 bits per heavy atom. The SMILES string of the molecule is CC1(C)CC1C(=O)NC(C(N)=S)c1ccccc1. The highest BCUT2D eigenvalue weighted by Crippen LogP contribution is 2.51. The molecule has 1 aromatic carbocycles. The van der Waals surface area contributed by atoms with Gasteiger partial charge in [0.05, 0.1) is 0 Å². The Balaban J connectivity index is 2.09. The van der Waals surface area contributed by atoms with Crippen molar-refractivity contribution in [2.24, 2.45) is 17.1 Å². The molecule has 1 aliphatic carbocycles. The summed E-state index contributed by atoms with van der Waals surface area (Å²) >= 11 is 5.04. The standard InChI is InChI=1S/C14H18N2OS/c1-14(2)8-10(14)13(17)16-11(12(15)18)9-6-4-3-5-7-9/h3-7,10-11H,8H2,1-2H3,(H2,15,18)(H,16,17). The van der Waals surface area contributed by atoms with Gasteiger partial charge in [0.25, 0.3) is 0 Å². The summed E-state index contributed by atoms with van der Waals surface area (Å²) in [7, 11) is 0. The van der Waals surface area contributed by atoms with Crippen molar-refractivity contribution in [3.05, 3.63) is 35.9 Å². The normalized spacial score (nSPS) is 22.0. The van der Waals surface area contributed by atoms with Crippen LogP contribution in [0.15, 0.2) is 30.3 Å². The smallest absolute Gasteiger partial charge is 0.224 e. The summed E-state index contributed by atoms with van der Waals surface area (Å²) in [6.07, 6.45) is 0.928. The Morgan fingerprint density at radius 1 is 1.44 bits per heavy atom.